The summed E-state index contributed by atoms with van der Waals surface area (Å²) in [5.74, 6) is 1.59. The van der Waals surface area contributed by atoms with Gasteiger partial charge >= 0.3 is 0 Å². The summed E-state index contributed by atoms with van der Waals surface area (Å²) < 4.78 is 5.88. The quantitative estimate of drug-likeness (QED) is 0.600. The van der Waals surface area contributed by atoms with Gasteiger partial charge in [-0.25, -0.2) is 0 Å². The van der Waals surface area contributed by atoms with Crippen molar-refractivity contribution in [3.8, 4) is 11.3 Å². The highest BCUT2D eigenvalue weighted by molar-refractivity contribution is 6.42. The third kappa shape index (κ3) is 3.07. The highest BCUT2D eigenvalue weighted by Crippen LogP contribution is 2.66. The molecule has 1 aromatic heterocycles. The molecule has 28 heavy (non-hydrogen) atoms. The molecule has 1 heterocycles. The lowest BCUT2D eigenvalue weighted by atomic mass is 9.43. The molecule has 148 valence electrons. The van der Waals surface area contributed by atoms with Crippen LogP contribution in [0.15, 0.2) is 34.7 Å². The van der Waals surface area contributed by atoms with E-state index < -0.39 is 0 Å². The van der Waals surface area contributed by atoms with Crippen LogP contribution in [0.1, 0.15) is 62.9 Å². The van der Waals surface area contributed by atoms with Crippen molar-refractivity contribution in [3.05, 3.63) is 46.1 Å². The molecule has 4 saturated carbocycles. The number of nitrogens with one attached hydrogen (secondary N) is 1. The number of hydrogen-bond acceptors (Lipinski definition) is 2. The maximum Gasteiger partial charge on any atom is 0.287 e. The van der Waals surface area contributed by atoms with Crippen LogP contribution in [0.5, 0.6) is 0 Å². The maximum atomic E-state index is 13.1. The Hall–Kier alpha value is -1.45. The molecule has 4 aliphatic rings. The van der Waals surface area contributed by atoms with Gasteiger partial charge in [-0.2, -0.15) is 0 Å². The largest absolute Gasteiger partial charge is 0.451 e. The van der Waals surface area contributed by atoms with E-state index in [4.69, 9.17) is 27.6 Å². The Balaban J connectivity index is 1.38. The first kappa shape index (κ1) is 18.6. The fraction of sp³-hybridized carbons (Fsp3) is 0.522. The summed E-state index contributed by atoms with van der Waals surface area (Å²) in [5, 5.41) is 4.36. The second kappa shape index (κ2) is 6.03. The molecule has 4 fully saturated rings. The van der Waals surface area contributed by atoms with Crippen molar-refractivity contribution in [1.29, 1.82) is 0 Å². The van der Waals surface area contributed by atoms with E-state index in [1.165, 1.54) is 19.3 Å². The van der Waals surface area contributed by atoms with Crippen molar-refractivity contribution in [1.82, 2.24) is 5.32 Å². The van der Waals surface area contributed by atoms with Gasteiger partial charge in [0.1, 0.15) is 5.76 Å². The fourth-order valence-electron chi connectivity index (χ4n) is 7.15. The van der Waals surface area contributed by atoms with Gasteiger partial charge in [0.15, 0.2) is 5.76 Å². The van der Waals surface area contributed by atoms with Gasteiger partial charge in [-0.3, -0.25) is 4.79 Å². The van der Waals surface area contributed by atoms with Gasteiger partial charge in [-0.1, -0.05) is 37.0 Å². The topological polar surface area (TPSA) is 42.2 Å². The molecule has 4 aliphatic carbocycles. The zero-order valence-electron chi connectivity index (χ0n) is 16.3. The van der Waals surface area contributed by atoms with Crippen molar-refractivity contribution in [3.63, 3.8) is 0 Å². The first-order chi connectivity index (χ1) is 13.2. The fourth-order valence-corrected chi connectivity index (χ4v) is 7.45. The Morgan fingerprint density at radius 2 is 1.71 bits per heavy atom. The molecule has 1 aromatic carbocycles. The second-order valence-corrected chi connectivity index (χ2v) is 11.0. The molecule has 3 nitrogen and oxygen atoms in total. The van der Waals surface area contributed by atoms with E-state index in [2.05, 4.69) is 19.2 Å². The molecular weight excluding hydrogens is 393 g/mol. The standard InChI is InChI=1S/C23H25Cl2NO2/c1-21-8-14-9-22(2,11-21)13-23(10-14,12-21)26-20(27)19-6-5-18(28-19)15-3-4-16(24)17(25)7-15/h3-7,14H,8-13H2,1-2H3,(H,26,27)/t14?,21-,22-,23?/m0/s1. The lowest BCUT2D eigenvalue weighted by molar-refractivity contribution is -0.114. The Labute approximate surface area is 175 Å². The summed E-state index contributed by atoms with van der Waals surface area (Å²) in [6.07, 6.45) is 7.17. The lowest BCUT2D eigenvalue weighted by Crippen LogP contribution is -2.65. The summed E-state index contributed by atoms with van der Waals surface area (Å²) in [4.78, 5) is 13.1. The Bertz CT molecular complexity index is 947. The molecule has 1 amide bonds. The van der Waals surface area contributed by atoms with Crippen molar-refractivity contribution in [2.45, 2.75) is 57.9 Å². The molecule has 0 radical (unpaired) electrons. The van der Waals surface area contributed by atoms with Gasteiger partial charge in [-0.15, -0.1) is 0 Å². The maximum absolute atomic E-state index is 13.1. The number of furan rings is 1. The molecule has 1 N–H and O–H groups in total. The number of benzene rings is 1. The molecule has 4 bridgehead atoms. The average molecular weight is 418 g/mol. The molecular formula is C23H25Cl2NO2. The minimum absolute atomic E-state index is 0.0868. The smallest absolute Gasteiger partial charge is 0.287 e. The first-order valence-electron chi connectivity index (χ1n) is 10.0. The molecule has 5 heteroatoms. The molecule has 2 atom stereocenters. The number of halogens is 2. The number of amides is 1. The van der Waals surface area contributed by atoms with E-state index in [-0.39, 0.29) is 11.4 Å². The average Bonchev–Trinajstić information content (AvgIpc) is 3.03. The SMILES string of the molecule is C[C@@]12CC3CC(NC(=O)c4ccc(-c5ccc(Cl)c(Cl)c5)o4)(C1)C[C@@](C)(C3)C2. The molecule has 0 aliphatic heterocycles. The Morgan fingerprint density at radius 1 is 1.00 bits per heavy atom. The Morgan fingerprint density at radius 3 is 2.36 bits per heavy atom. The monoisotopic (exact) mass is 417 g/mol. The zero-order valence-corrected chi connectivity index (χ0v) is 17.8. The number of hydrogen-bond donors (Lipinski definition) is 1. The van der Waals surface area contributed by atoms with Crippen LogP contribution >= 0.6 is 23.2 Å². The van der Waals surface area contributed by atoms with Crippen molar-refractivity contribution in [2.24, 2.45) is 16.7 Å². The van der Waals surface area contributed by atoms with Crippen LogP contribution in [0.2, 0.25) is 10.0 Å². The van der Waals surface area contributed by atoms with E-state index in [1.807, 2.05) is 12.1 Å². The van der Waals surface area contributed by atoms with Crippen molar-refractivity contribution >= 4 is 29.1 Å². The van der Waals surface area contributed by atoms with E-state index in [9.17, 15) is 4.79 Å². The van der Waals surface area contributed by atoms with Crippen LogP contribution in [-0.2, 0) is 0 Å². The van der Waals surface area contributed by atoms with E-state index in [0.29, 0.717) is 32.4 Å². The summed E-state index contributed by atoms with van der Waals surface area (Å²) in [6, 6.07) is 8.90. The van der Waals surface area contributed by atoms with Gasteiger partial charge in [0.25, 0.3) is 5.91 Å². The third-order valence-electron chi connectivity index (χ3n) is 7.04. The predicted octanol–water partition coefficient (Wildman–Crippen LogP) is 6.73. The van der Waals surface area contributed by atoms with Crippen molar-refractivity contribution < 1.29 is 9.21 Å². The van der Waals surface area contributed by atoms with Gasteiger partial charge in [0, 0.05) is 11.1 Å². The van der Waals surface area contributed by atoms with E-state index in [0.717, 1.165) is 30.7 Å². The minimum atomic E-state index is -0.111. The summed E-state index contributed by atoms with van der Waals surface area (Å²) in [7, 11) is 0. The van der Waals surface area contributed by atoms with E-state index in [1.54, 1.807) is 18.2 Å². The van der Waals surface area contributed by atoms with Gasteiger partial charge < -0.3 is 9.73 Å². The number of rotatable bonds is 3. The summed E-state index contributed by atoms with van der Waals surface area (Å²) in [6.45, 7) is 4.82. The van der Waals surface area contributed by atoms with Gasteiger partial charge in [0.05, 0.1) is 10.0 Å². The molecule has 0 unspecified atom stereocenters. The Kier molecular flexibility index (Phi) is 4.00. The van der Waals surface area contributed by atoms with Crippen molar-refractivity contribution in [2.75, 3.05) is 0 Å². The van der Waals surface area contributed by atoms with Gasteiger partial charge in [-0.05, 0) is 85.6 Å². The highest BCUT2D eigenvalue weighted by atomic mass is 35.5. The summed E-state index contributed by atoms with van der Waals surface area (Å²) >= 11 is 12.1. The highest BCUT2D eigenvalue weighted by Gasteiger charge is 2.60. The number of carbonyl (C=O) groups is 1. The van der Waals surface area contributed by atoms with Crippen LogP contribution < -0.4 is 5.32 Å². The molecule has 2 aromatic rings. The van der Waals surface area contributed by atoms with Crippen LogP contribution in [0.4, 0.5) is 0 Å². The minimum Gasteiger partial charge on any atom is -0.451 e. The van der Waals surface area contributed by atoms with Gasteiger partial charge in [0.2, 0.25) is 0 Å². The first-order valence-corrected chi connectivity index (χ1v) is 10.8. The molecule has 0 spiro atoms. The molecule has 0 saturated heterocycles. The summed E-state index contributed by atoms with van der Waals surface area (Å²) in [5.41, 5.74) is 1.44. The normalized spacial score (nSPS) is 35.9. The predicted molar refractivity (Wildman–Crippen MR) is 112 cm³/mol. The van der Waals surface area contributed by atoms with Crippen LogP contribution in [0.25, 0.3) is 11.3 Å². The number of carbonyl (C=O) groups excluding carboxylic acids is 1. The lowest BCUT2D eigenvalue weighted by Gasteiger charge is -2.65. The third-order valence-corrected chi connectivity index (χ3v) is 7.78. The zero-order chi connectivity index (χ0) is 19.7. The van der Waals surface area contributed by atoms with Crippen LogP contribution in [-0.4, -0.2) is 11.4 Å². The molecule has 6 rings (SSSR count). The van der Waals surface area contributed by atoms with E-state index >= 15 is 0 Å². The second-order valence-electron chi connectivity index (χ2n) is 10.2. The van der Waals surface area contributed by atoms with Crippen LogP contribution in [0.3, 0.4) is 0 Å². The van der Waals surface area contributed by atoms with Crippen LogP contribution in [0, 0.1) is 16.7 Å².